The molecule has 6 nitrogen and oxygen atoms in total. The molecule has 0 saturated heterocycles. The molecule has 1 heterocycles. The van der Waals surface area contributed by atoms with Crippen LogP contribution in [0.3, 0.4) is 0 Å². The van der Waals surface area contributed by atoms with Crippen LogP contribution in [0.2, 0.25) is 5.02 Å². The van der Waals surface area contributed by atoms with Crippen LogP contribution in [0.5, 0.6) is 11.5 Å². The summed E-state index contributed by atoms with van der Waals surface area (Å²) in [5.74, 6) is -0.242. The number of phenols is 1. The molecule has 0 radical (unpaired) electrons. The molecule has 1 aromatic heterocycles. The van der Waals surface area contributed by atoms with Crippen molar-refractivity contribution >= 4 is 34.2 Å². The predicted molar refractivity (Wildman–Crippen MR) is 111 cm³/mol. The van der Waals surface area contributed by atoms with Crippen LogP contribution in [0.1, 0.15) is 24.2 Å². The van der Waals surface area contributed by atoms with Gasteiger partial charge in [-0.25, -0.2) is 4.79 Å². The third kappa shape index (κ3) is 3.68. The lowest BCUT2D eigenvalue weighted by Gasteiger charge is -2.14. The number of hydrogen-bond donors (Lipinski definition) is 2. The Morgan fingerprint density at radius 2 is 2.00 bits per heavy atom. The molecule has 0 atom stereocenters. The quantitative estimate of drug-likeness (QED) is 0.574. The highest BCUT2D eigenvalue weighted by Crippen LogP contribution is 2.39. The van der Waals surface area contributed by atoms with Crippen molar-refractivity contribution < 1.29 is 19.4 Å². The van der Waals surface area contributed by atoms with Gasteiger partial charge in [-0.1, -0.05) is 17.7 Å². The van der Waals surface area contributed by atoms with E-state index in [9.17, 15) is 9.90 Å². The lowest BCUT2D eigenvalue weighted by atomic mass is 10.0. The molecule has 0 unspecified atom stereocenters. The molecule has 0 fully saturated rings. The number of benzene rings is 2. The standard InChI is InChI=1S/C21H21ClN2O4/c1-4-23-19-14-8-12(13-9-16(22)20(25)18(10-13)27-3)6-7-17(14)24-11-15(19)21(26)28-5-2/h6-11,25H,4-5H2,1-3H3,(H,23,24). The summed E-state index contributed by atoms with van der Waals surface area (Å²) in [6.45, 7) is 4.64. The molecule has 2 aromatic carbocycles. The van der Waals surface area contributed by atoms with Crippen LogP contribution in [-0.4, -0.2) is 36.3 Å². The number of rotatable bonds is 6. The zero-order chi connectivity index (χ0) is 20.3. The zero-order valence-corrected chi connectivity index (χ0v) is 16.6. The van der Waals surface area contributed by atoms with E-state index in [1.807, 2.05) is 25.1 Å². The highest BCUT2D eigenvalue weighted by molar-refractivity contribution is 6.32. The van der Waals surface area contributed by atoms with Gasteiger partial charge < -0.3 is 19.9 Å². The Hall–Kier alpha value is -2.99. The number of aromatic nitrogens is 1. The Balaban J connectivity index is 2.20. The minimum atomic E-state index is -0.424. The van der Waals surface area contributed by atoms with Crippen molar-refractivity contribution in [2.45, 2.75) is 13.8 Å². The maximum atomic E-state index is 12.3. The Bertz CT molecular complexity index is 1040. The first-order valence-corrected chi connectivity index (χ1v) is 9.28. The number of pyridine rings is 1. The smallest absolute Gasteiger partial charge is 0.341 e. The summed E-state index contributed by atoms with van der Waals surface area (Å²) in [7, 11) is 1.47. The molecule has 0 aliphatic rings. The highest BCUT2D eigenvalue weighted by Gasteiger charge is 2.17. The van der Waals surface area contributed by atoms with E-state index in [4.69, 9.17) is 21.1 Å². The van der Waals surface area contributed by atoms with Gasteiger partial charge in [-0.3, -0.25) is 4.98 Å². The molecule has 3 rings (SSSR count). The van der Waals surface area contributed by atoms with Gasteiger partial charge in [-0.2, -0.15) is 0 Å². The zero-order valence-electron chi connectivity index (χ0n) is 15.9. The van der Waals surface area contributed by atoms with Gasteiger partial charge in [-0.15, -0.1) is 0 Å². The van der Waals surface area contributed by atoms with E-state index in [1.54, 1.807) is 19.1 Å². The number of carbonyl (C=O) groups excluding carboxylic acids is 1. The van der Waals surface area contributed by atoms with Crippen LogP contribution >= 0.6 is 11.6 Å². The highest BCUT2D eigenvalue weighted by atomic mass is 35.5. The fraction of sp³-hybridized carbons (Fsp3) is 0.238. The number of nitrogens with zero attached hydrogens (tertiary/aromatic N) is 1. The van der Waals surface area contributed by atoms with Gasteiger partial charge in [0, 0.05) is 18.1 Å². The second kappa shape index (κ2) is 8.35. The molecular formula is C21H21ClN2O4. The molecule has 3 aromatic rings. The maximum absolute atomic E-state index is 12.3. The minimum Gasteiger partial charge on any atom is -0.503 e. The fourth-order valence-electron chi connectivity index (χ4n) is 3.00. The normalized spacial score (nSPS) is 10.7. The third-order valence-electron chi connectivity index (χ3n) is 4.30. The second-order valence-corrected chi connectivity index (χ2v) is 6.45. The van der Waals surface area contributed by atoms with Crippen LogP contribution in [0, 0.1) is 0 Å². The van der Waals surface area contributed by atoms with Crippen molar-refractivity contribution in [3.8, 4) is 22.6 Å². The number of anilines is 1. The predicted octanol–water partition coefficient (Wildman–Crippen LogP) is 4.88. The van der Waals surface area contributed by atoms with Crippen molar-refractivity contribution in [1.82, 2.24) is 4.98 Å². The molecule has 0 aliphatic heterocycles. The number of fused-ring (bicyclic) bond motifs is 1. The largest absolute Gasteiger partial charge is 0.503 e. The first-order valence-electron chi connectivity index (χ1n) is 8.90. The second-order valence-electron chi connectivity index (χ2n) is 6.04. The molecule has 2 N–H and O–H groups in total. The maximum Gasteiger partial charge on any atom is 0.341 e. The van der Waals surface area contributed by atoms with Crippen molar-refractivity contribution in [2.24, 2.45) is 0 Å². The van der Waals surface area contributed by atoms with Crippen LogP contribution in [-0.2, 0) is 4.74 Å². The van der Waals surface area contributed by atoms with Gasteiger partial charge in [-0.05, 0) is 49.2 Å². The molecule has 146 valence electrons. The molecule has 0 saturated carbocycles. The Labute approximate surface area is 168 Å². The monoisotopic (exact) mass is 400 g/mol. The lowest BCUT2D eigenvalue weighted by Crippen LogP contribution is -2.11. The number of esters is 1. The number of aromatic hydroxyl groups is 1. The van der Waals surface area contributed by atoms with Crippen molar-refractivity contribution in [3.05, 3.63) is 47.1 Å². The summed E-state index contributed by atoms with van der Waals surface area (Å²) in [5, 5.41) is 14.2. The number of methoxy groups -OCH3 is 1. The average molecular weight is 401 g/mol. The Morgan fingerprint density at radius 1 is 1.21 bits per heavy atom. The molecule has 0 amide bonds. The SMILES string of the molecule is CCNc1c(C(=O)OCC)cnc2ccc(-c3cc(Cl)c(O)c(OC)c3)cc12. The fourth-order valence-corrected chi connectivity index (χ4v) is 3.21. The van der Waals surface area contributed by atoms with E-state index < -0.39 is 5.97 Å². The first-order chi connectivity index (χ1) is 13.5. The molecule has 28 heavy (non-hydrogen) atoms. The van der Waals surface area contributed by atoms with Gasteiger partial charge in [0.05, 0.1) is 29.9 Å². The summed E-state index contributed by atoms with van der Waals surface area (Å²) in [4.78, 5) is 16.7. The summed E-state index contributed by atoms with van der Waals surface area (Å²) < 4.78 is 10.4. The van der Waals surface area contributed by atoms with E-state index >= 15 is 0 Å². The van der Waals surface area contributed by atoms with Gasteiger partial charge in [0.25, 0.3) is 0 Å². The molecule has 7 heteroatoms. The lowest BCUT2D eigenvalue weighted by molar-refractivity contribution is 0.0527. The van der Waals surface area contributed by atoms with Crippen LogP contribution in [0.4, 0.5) is 5.69 Å². The summed E-state index contributed by atoms with van der Waals surface area (Å²) in [6.07, 6.45) is 1.53. The van der Waals surface area contributed by atoms with Crippen LogP contribution in [0.25, 0.3) is 22.0 Å². The number of halogens is 1. The van der Waals surface area contributed by atoms with Crippen molar-refractivity contribution in [2.75, 3.05) is 25.6 Å². The van der Waals surface area contributed by atoms with Crippen molar-refractivity contribution in [1.29, 1.82) is 0 Å². The van der Waals surface area contributed by atoms with E-state index in [-0.39, 0.29) is 23.1 Å². The Morgan fingerprint density at radius 3 is 2.68 bits per heavy atom. The number of carbonyl (C=O) groups is 1. The number of phenolic OH excluding ortho intramolecular Hbond substituents is 1. The topological polar surface area (TPSA) is 80.7 Å². The number of ether oxygens (including phenoxy) is 2. The summed E-state index contributed by atoms with van der Waals surface area (Å²) in [5.41, 5.74) is 3.41. The van der Waals surface area contributed by atoms with Crippen molar-refractivity contribution in [3.63, 3.8) is 0 Å². The summed E-state index contributed by atoms with van der Waals surface area (Å²) in [6, 6.07) is 9.06. The molecule has 0 aliphatic carbocycles. The van der Waals surface area contributed by atoms with Gasteiger partial charge in [0.15, 0.2) is 11.5 Å². The molecular weight excluding hydrogens is 380 g/mol. The minimum absolute atomic E-state index is 0.103. The van der Waals surface area contributed by atoms with E-state index in [0.29, 0.717) is 17.8 Å². The third-order valence-corrected chi connectivity index (χ3v) is 4.59. The first kappa shape index (κ1) is 19.8. The average Bonchev–Trinajstić information content (AvgIpc) is 2.70. The van der Waals surface area contributed by atoms with E-state index in [1.165, 1.54) is 13.3 Å². The van der Waals surface area contributed by atoms with E-state index in [2.05, 4.69) is 10.3 Å². The molecule has 0 bridgehead atoms. The van der Waals surface area contributed by atoms with Gasteiger partial charge >= 0.3 is 5.97 Å². The Kier molecular flexibility index (Phi) is 5.90. The van der Waals surface area contributed by atoms with Crippen LogP contribution in [0.15, 0.2) is 36.5 Å². The number of nitrogens with one attached hydrogen (secondary N) is 1. The number of hydrogen-bond acceptors (Lipinski definition) is 6. The van der Waals surface area contributed by atoms with Gasteiger partial charge in [0.2, 0.25) is 0 Å². The van der Waals surface area contributed by atoms with Crippen LogP contribution < -0.4 is 10.1 Å². The van der Waals surface area contributed by atoms with Gasteiger partial charge in [0.1, 0.15) is 5.56 Å². The molecule has 0 spiro atoms. The van der Waals surface area contributed by atoms with E-state index in [0.717, 1.165) is 22.0 Å². The summed E-state index contributed by atoms with van der Waals surface area (Å²) >= 11 is 6.13.